The largest absolute Gasteiger partial charge is 0.479 e. The summed E-state index contributed by atoms with van der Waals surface area (Å²) in [7, 11) is 0. The average molecular weight is 333 g/mol. The fourth-order valence-electron chi connectivity index (χ4n) is 2.74. The minimum Gasteiger partial charge on any atom is -0.479 e. The number of aliphatic hydroxyl groups is 4. The summed E-state index contributed by atoms with van der Waals surface area (Å²) in [6, 6.07) is -0.845. The van der Waals surface area contributed by atoms with E-state index >= 15 is 0 Å². The van der Waals surface area contributed by atoms with Crippen LogP contribution in [0.3, 0.4) is 0 Å². The van der Waals surface area contributed by atoms with Crippen LogP contribution in [0.15, 0.2) is 11.8 Å². The Morgan fingerprint density at radius 3 is 2.43 bits per heavy atom. The predicted octanol–water partition coefficient (Wildman–Crippen LogP) is -1.18. The molecule has 8 heteroatoms. The van der Waals surface area contributed by atoms with Gasteiger partial charge >= 0.3 is 5.97 Å². The molecule has 1 rings (SSSR count). The summed E-state index contributed by atoms with van der Waals surface area (Å²) in [6.07, 6.45) is -3.64. The van der Waals surface area contributed by atoms with Gasteiger partial charge in [0.15, 0.2) is 0 Å². The molecule has 0 saturated carbocycles. The number of aliphatic hydroxyl groups excluding tert-OH is 4. The number of hydrogen-bond acceptors (Lipinski definition) is 7. The van der Waals surface area contributed by atoms with Crippen molar-refractivity contribution in [2.45, 2.75) is 63.7 Å². The Morgan fingerprint density at radius 2 is 1.96 bits per heavy atom. The first-order valence-electron chi connectivity index (χ1n) is 7.70. The number of carbonyl (C=O) groups is 1. The lowest BCUT2D eigenvalue weighted by Gasteiger charge is -2.39. The molecule has 0 aromatic carbocycles. The Labute approximate surface area is 135 Å². The van der Waals surface area contributed by atoms with Crippen LogP contribution < -0.4 is 5.32 Å². The van der Waals surface area contributed by atoms with E-state index in [1.165, 1.54) is 0 Å². The summed E-state index contributed by atoms with van der Waals surface area (Å²) in [5.74, 6) is -1.48. The van der Waals surface area contributed by atoms with Crippen LogP contribution in [0.5, 0.6) is 0 Å². The van der Waals surface area contributed by atoms with Crippen molar-refractivity contribution in [3.63, 3.8) is 0 Å². The number of hydrogen-bond donors (Lipinski definition) is 6. The summed E-state index contributed by atoms with van der Waals surface area (Å²) in [4.78, 5) is 11.1. The Morgan fingerprint density at radius 1 is 1.35 bits per heavy atom. The number of aliphatic carboxylic acids is 1. The molecule has 0 saturated heterocycles. The first kappa shape index (κ1) is 19.9. The van der Waals surface area contributed by atoms with Crippen LogP contribution in [0.1, 0.15) is 27.2 Å². The molecule has 1 unspecified atom stereocenters. The Hall–Kier alpha value is -1.19. The van der Waals surface area contributed by atoms with Crippen LogP contribution in [0.2, 0.25) is 0 Å². The molecule has 0 aromatic rings. The molecule has 6 atom stereocenters. The molecule has 0 bridgehead atoms. The van der Waals surface area contributed by atoms with Crippen LogP contribution >= 0.6 is 0 Å². The molecule has 0 radical (unpaired) electrons. The van der Waals surface area contributed by atoms with Crippen molar-refractivity contribution in [3.05, 3.63) is 11.8 Å². The van der Waals surface area contributed by atoms with Gasteiger partial charge in [0.1, 0.15) is 18.3 Å². The number of nitrogens with one attached hydrogen (secondary N) is 1. The van der Waals surface area contributed by atoms with Crippen molar-refractivity contribution in [1.82, 2.24) is 5.32 Å². The van der Waals surface area contributed by atoms with Crippen molar-refractivity contribution in [2.75, 3.05) is 6.61 Å². The van der Waals surface area contributed by atoms with Crippen molar-refractivity contribution < 1.29 is 35.1 Å². The maximum Gasteiger partial charge on any atom is 0.370 e. The Balaban J connectivity index is 2.98. The van der Waals surface area contributed by atoms with E-state index in [0.717, 1.165) is 12.5 Å². The molecule has 23 heavy (non-hydrogen) atoms. The highest BCUT2D eigenvalue weighted by Crippen LogP contribution is 2.23. The van der Waals surface area contributed by atoms with E-state index in [9.17, 15) is 20.1 Å². The first-order chi connectivity index (χ1) is 10.7. The monoisotopic (exact) mass is 333 g/mol. The third-order valence-corrected chi connectivity index (χ3v) is 3.74. The van der Waals surface area contributed by atoms with Gasteiger partial charge in [0.25, 0.3) is 0 Å². The van der Waals surface area contributed by atoms with Crippen molar-refractivity contribution in [1.29, 1.82) is 0 Å². The maximum absolute atomic E-state index is 11.1. The second-order valence-electron chi connectivity index (χ2n) is 6.37. The standard InChI is InChI=1S/C15H27NO7/c1-7(2)4-8(3)16-12-9(18)5-11(15(21)22)23-14(12)13(20)10(19)6-17/h5,7-10,12-14,16-20H,4,6H2,1-3H3,(H,21,22)/t8?,9-,10+,12+,13+,14+/m0/s1. The minimum absolute atomic E-state index is 0.0287. The zero-order chi connectivity index (χ0) is 17.7. The van der Waals surface area contributed by atoms with Crippen LogP contribution in [0.25, 0.3) is 0 Å². The number of carboxylic acid groups (broad SMARTS) is 1. The van der Waals surface area contributed by atoms with Gasteiger partial charge in [-0.15, -0.1) is 0 Å². The summed E-state index contributed by atoms with van der Waals surface area (Å²) in [5.41, 5.74) is 0. The zero-order valence-corrected chi connectivity index (χ0v) is 13.6. The van der Waals surface area contributed by atoms with Gasteiger partial charge in [-0.2, -0.15) is 0 Å². The lowest BCUT2D eigenvalue weighted by Crippen LogP contribution is -2.60. The average Bonchev–Trinajstić information content (AvgIpc) is 2.46. The lowest BCUT2D eigenvalue weighted by atomic mass is 9.92. The smallest absolute Gasteiger partial charge is 0.370 e. The fraction of sp³-hybridized carbons (Fsp3) is 0.800. The molecule has 0 aliphatic carbocycles. The van der Waals surface area contributed by atoms with E-state index in [1.807, 2.05) is 20.8 Å². The molecule has 0 spiro atoms. The van der Waals surface area contributed by atoms with Crippen molar-refractivity contribution in [2.24, 2.45) is 5.92 Å². The second-order valence-corrected chi connectivity index (χ2v) is 6.37. The highest BCUT2D eigenvalue weighted by molar-refractivity contribution is 5.84. The van der Waals surface area contributed by atoms with Crippen LogP contribution in [0, 0.1) is 5.92 Å². The van der Waals surface area contributed by atoms with E-state index in [4.69, 9.17) is 14.9 Å². The predicted molar refractivity (Wildman–Crippen MR) is 81.5 cm³/mol. The molecule has 0 amide bonds. The van der Waals surface area contributed by atoms with E-state index < -0.39 is 48.8 Å². The van der Waals surface area contributed by atoms with Gasteiger partial charge in [-0.25, -0.2) is 4.79 Å². The van der Waals surface area contributed by atoms with Gasteiger partial charge in [-0.1, -0.05) is 13.8 Å². The molecule has 8 nitrogen and oxygen atoms in total. The molecule has 0 fully saturated rings. The van der Waals surface area contributed by atoms with Crippen molar-refractivity contribution >= 4 is 5.97 Å². The Kier molecular flexibility index (Phi) is 7.43. The molecular weight excluding hydrogens is 306 g/mol. The summed E-state index contributed by atoms with van der Waals surface area (Å²) in [6.45, 7) is 5.26. The van der Waals surface area contributed by atoms with E-state index in [1.54, 1.807) is 0 Å². The van der Waals surface area contributed by atoms with Gasteiger partial charge in [0, 0.05) is 6.04 Å². The molecule has 134 valence electrons. The highest BCUT2D eigenvalue weighted by Gasteiger charge is 2.42. The number of carboxylic acids is 1. The zero-order valence-electron chi connectivity index (χ0n) is 13.6. The molecule has 1 heterocycles. The molecule has 1 aliphatic heterocycles. The maximum atomic E-state index is 11.1. The molecular formula is C15H27NO7. The van der Waals surface area contributed by atoms with Crippen molar-refractivity contribution in [3.8, 4) is 0 Å². The van der Waals surface area contributed by atoms with Gasteiger partial charge in [0.05, 0.1) is 18.8 Å². The third kappa shape index (κ3) is 5.43. The lowest BCUT2D eigenvalue weighted by molar-refractivity contribution is -0.148. The molecule has 1 aliphatic rings. The summed E-state index contributed by atoms with van der Waals surface area (Å²) < 4.78 is 5.24. The minimum atomic E-state index is -1.55. The fourth-order valence-corrected chi connectivity index (χ4v) is 2.74. The van der Waals surface area contributed by atoms with Gasteiger partial charge in [-0.3, -0.25) is 0 Å². The number of rotatable bonds is 8. The second kappa shape index (κ2) is 8.60. The molecule has 0 aromatic heterocycles. The van der Waals surface area contributed by atoms with Gasteiger partial charge in [0.2, 0.25) is 5.76 Å². The summed E-state index contributed by atoms with van der Waals surface area (Å²) in [5, 5.41) is 51.1. The van der Waals surface area contributed by atoms with Gasteiger partial charge in [-0.05, 0) is 25.3 Å². The van der Waals surface area contributed by atoms with E-state index in [0.29, 0.717) is 5.92 Å². The van der Waals surface area contributed by atoms with Crippen LogP contribution in [-0.4, -0.2) is 74.6 Å². The van der Waals surface area contributed by atoms with E-state index in [-0.39, 0.29) is 6.04 Å². The Bertz CT molecular complexity index is 426. The SMILES string of the molecule is CC(C)CC(C)N[C@H]1[C@H]([C@H](O)[C@H](O)CO)OC(C(=O)O)=C[C@@H]1O. The summed E-state index contributed by atoms with van der Waals surface area (Å²) >= 11 is 0. The first-order valence-corrected chi connectivity index (χ1v) is 7.70. The van der Waals surface area contributed by atoms with Crippen LogP contribution in [-0.2, 0) is 9.53 Å². The van der Waals surface area contributed by atoms with Crippen LogP contribution in [0.4, 0.5) is 0 Å². The normalized spacial score (nSPS) is 28.7. The topological polar surface area (TPSA) is 139 Å². The quantitative estimate of drug-likeness (QED) is 0.326. The van der Waals surface area contributed by atoms with E-state index in [2.05, 4.69) is 5.32 Å². The number of ether oxygens (including phenoxy) is 1. The molecule has 6 N–H and O–H groups in total. The third-order valence-electron chi connectivity index (χ3n) is 3.74. The highest BCUT2D eigenvalue weighted by atomic mass is 16.5. The van der Waals surface area contributed by atoms with Gasteiger partial charge < -0.3 is 35.6 Å².